The van der Waals surface area contributed by atoms with E-state index in [2.05, 4.69) is 144 Å². The Hall–Kier alpha value is -5.34. The Morgan fingerprint density at radius 1 is 0.400 bits per heavy atom. The maximum absolute atomic E-state index is 6.39. The van der Waals surface area contributed by atoms with Gasteiger partial charge in [0.1, 0.15) is 11.2 Å². The molecule has 7 aromatic carbocycles. The third kappa shape index (κ3) is 3.65. The molecule has 0 atom stereocenters. The van der Waals surface area contributed by atoms with Crippen LogP contribution in [0.5, 0.6) is 0 Å². The van der Waals surface area contributed by atoms with Gasteiger partial charge in [-0.2, -0.15) is 0 Å². The van der Waals surface area contributed by atoms with Gasteiger partial charge in [-0.25, -0.2) is 0 Å². The van der Waals surface area contributed by atoms with Gasteiger partial charge in [-0.1, -0.05) is 103 Å². The number of furan rings is 1. The van der Waals surface area contributed by atoms with Crippen LogP contribution in [0.3, 0.4) is 0 Å². The second-order valence-corrected chi connectivity index (χ2v) is 10.2. The van der Waals surface area contributed by atoms with Crippen molar-refractivity contribution < 1.29 is 4.42 Å². The van der Waals surface area contributed by atoms with Gasteiger partial charge in [0.2, 0.25) is 0 Å². The molecule has 2 nitrogen and oxygen atoms in total. The van der Waals surface area contributed by atoms with Crippen LogP contribution in [0.25, 0.3) is 54.6 Å². The molecule has 188 valence electrons. The van der Waals surface area contributed by atoms with E-state index in [9.17, 15) is 0 Å². The topological polar surface area (TPSA) is 16.4 Å². The molecule has 1 heterocycles. The van der Waals surface area contributed by atoms with Crippen molar-refractivity contribution in [2.75, 3.05) is 4.90 Å². The maximum atomic E-state index is 6.39. The predicted molar refractivity (Wildman–Crippen MR) is 169 cm³/mol. The molecule has 0 fully saturated rings. The van der Waals surface area contributed by atoms with Gasteiger partial charge in [0.15, 0.2) is 0 Å². The largest absolute Gasteiger partial charge is 0.455 e. The molecule has 8 aromatic rings. The Kier molecular flexibility index (Phi) is 5.17. The van der Waals surface area contributed by atoms with E-state index in [1.54, 1.807) is 0 Å². The van der Waals surface area contributed by atoms with Crippen molar-refractivity contribution in [3.8, 4) is 11.1 Å². The number of hydrogen-bond acceptors (Lipinski definition) is 2. The zero-order valence-corrected chi connectivity index (χ0v) is 21.8. The SMILES string of the molecule is c1ccc(N(c2ccc(-c3ccc4ccccc4c3)cc2)c2cccc3c2ccc2c4ccccc4oc32)cc1. The van der Waals surface area contributed by atoms with Gasteiger partial charge in [-0.3, -0.25) is 0 Å². The number of para-hydroxylation sites is 2. The Morgan fingerprint density at radius 2 is 1.05 bits per heavy atom. The van der Waals surface area contributed by atoms with Crippen LogP contribution < -0.4 is 4.90 Å². The van der Waals surface area contributed by atoms with Gasteiger partial charge in [0, 0.05) is 32.9 Å². The molecular formula is C38H25NO. The fraction of sp³-hybridized carbons (Fsp3) is 0. The molecule has 40 heavy (non-hydrogen) atoms. The molecule has 0 saturated carbocycles. The van der Waals surface area contributed by atoms with E-state index in [4.69, 9.17) is 4.42 Å². The minimum absolute atomic E-state index is 0.916. The number of hydrogen-bond donors (Lipinski definition) is 0. The van der Waals surface area contributed by atoms with Crippen LogP contribution >= 0.6 is 0 Å². The second-order valence-electron chi connectivity index (χ2n) is 10.2. The summed E-state index contributed by atoms with van der Waals surface area (Å²) in [5.41, 5.74) is 7.59. The van der Waals surface area contributed by atoms with Gasteiger partial charge in [-0.05, 0) is 70.4 Å². The van der Waals surface area contributed by atoms with Crippen molar-refractivity contribution in [2.24, 2.45) is 0 Å². The zero-order valence-electron chi connectivity index (χ0n) is 21.8. The van der Waals surface area contributed by atoms with Crippen LogP contribution in [0.2, 0.25) is 0 Å². The van der Waals surface area contributed by atoms with Crippen molar-refractivity contribution in [1.29, 1.82) is 0 Å². The molecule has 1 aromatic heterocycles. The molecule has 0 aliphatic carbocycles. The highest BCUT2D eigenvalue weighted by atomic mass is 16.3. The molecule has 0 bridgehead atoms. The van der Waals surface area contributed by atoms with Gasteiger partial charge in [0.25, 0.3) is 0 Å². The highest BCUT2D eigenvalue weighted by molar-refractivity contribution is 6.17. The van der Waals surface area contributed by atoms with Crippen molar-refractivity contribution in [1.82, 2.24) is 0 Å². The van der Waals surface area contributed by atoms with Crippen molar-refractivity contribution in [2.45, 2.75) is 0 Å². The first kappa shape index (κ1) is 22.6. The lowest BCUT2D eigenvalue weighted by atomic mass is 10.0. The fourth-order valence-electron chi connectivity index (χ4n) is 5.89. The van der Waals surface area contributed by atoms with Gasteiger partial charge in [-0.15, -0.1) is 0 Å². The van der Waals surface area contributed by atoms with Crippen LogP contribution in [0.15, 0.2) is 156 Å². The molecule has 2 heteroatoms. The first-order chi connectivity index (χ1) is 19.8. The molecular weight excluding hydrogens is 486 g/mol. The van der Waals surface area contributed by atoms with Crippen LogP contribution in [0, 0.1) is 0 Å². The fourth-order valence-corrected chi connectivity index (χ4v) is 5.89. The van der Waals surface area contributed by atoms with Gasteiger partial charge >= 0.3 is 0 Å². The van der Waals surface area contributed by atoms with Gasteiger partial charge < -0.3 is 9.32 Å². The minimum atomic E-state index is 0.916. The first-order valence-electron chi connectivity index (χ1n) is 13.6. The summed E-state index contributed by atoms with van der Waals surface area (Å²) in [5.74, 6) is 0. The number of fused-ring (bicyclic) bond motifs is 6. The third-order valence-electron chi connectivity index (χ3n) is 7.84. The maximum Gasteiger partial charge on any atom is 0.143 e. The van der Waals surface area contributed by atoms with E-state index in [0.29, 0.717) is 0 Å². The number of nitrogens with zero attached hydrogens (tertiary/aromatic N) is 1. The van der Waals surface area contributed by atoms with E-state index in [0.717, 1.165) is 49.8 Å². The van der Waals surface area contributed by atoms with Crippen LogP contribution in [0.4, 0.5) is 17.1 Å². The second kappa shape index (κ2) is 9.14. The highest BCUT2D eigenvalue weighted by Crippen LogP contribution is 2.42. The Morgan fingerprint density at radius 3 is 1.93 bits per heavy atom. The predicted octanol–water partition coefficient (Wildman–Crippen LogP) is 11.0. The van der Waals surface area contributed by atoms with E-state index in [1.807, 2.05) is 12.1 Å². The Bertz CT molecular complexity index is 2160. The summed E-state index contributed by atoms with van der Waals surface area (Å²) >= 11 is 0. The number of benzene rings is 7. The molecule has 0 unspecified atom stereocenters. The summed E-state index contributed by atoms with van der Waals surface area (Å²) in [4.78, 5) is 2.33. The van der Waals surface area contributed by atoms with E-state index in [-0.39, 0.29) is 0 Å². The third-order valence-corrected chi connectivity index (χ3v) is 7.84. The quantitative estimate of drug-likeness (QED) is 0.234. The smallest absolute Gasteiger partial charge is 0.143 e. The average Bonchev–Trinajstić information content (AvgIpc) is 3.41. The lowest BCUT2D eigenvalue weighted by molar-refractivity contribution is 0.672. The van der Waals surface area contributed by atoms with Crippen LogP contribution in [0.1, 0.15) is 0 Å². The molecule has 0 aliphatic heterocycles. The standard InChI is InChI=1S/C38H25NO/c1-2-11-30(12-3-1)39(31-21-19-27(20-22-31)29-18-17-26-9-4-5-10-28(26)25-29)36-15-8-14-34-32(36)23-24-35-33-13-6-7-16-37(33)40-38(34)35/h1-25H. The summed E-state index contributed by atoms with van der Waals surface area (Å²) in [7, 11) is 0. The molecule has 0 amide bonds. The van der Waals surface area contributed by atoms with Crippen molar-refractivity contribution in [3.05, 3.63) is 152 Å². The van der Waals surface area contributed by atoms with Gasteiger partial charge in [0.05, 0.1) is 5.69 Å². The zero-order chi connectivity index (χ0) is 26.5. The summed E-state index contributed by atoms with van der Waals surface area (Å²) < 4.78 is 6.39. The average molecular weight is 512 g/mol. The molecule has 0 aliphatic rings. The molecule has 8 rings (SSSR count). The molecule has 0 N–H and O–H groups in total. The minimum Gasteiger partial charge on any atom is -0.455 e. The number of anilines is 3. The number of rotatable bonds is 4. The Labute approximate surface area is 232 Å². The lowest BCUT2D eigenvalue weighted by Crippen LogP contribution is -2.10. The molecule has 0 radical (unpaired) electrons. The summed E-state index contributed by atoms with van der Waals surface area (Å²) in [6.45, 7) is 0. The van der Waals surface area contributed by atoms with E-state index < -0.39 is 0 Å². The van der Waals surface area contributed by atoms with E-state index in [1.165, 1.54) is 21.9 Å². The van der Waals surface area contributed by atoms with Crippen LogP contribution in [-0.2, 0) is 0 Å². The first-order valence-corrected chi connectivity index (χ1v) is 13.6. The van der Waals surface area contributed by atoms with Crippen molar-refractivity contribution in [3.63, 3.8) is 0 Å². The Balaban J connectivity index is 1.29. The molecule has 0 spiro atoms. The monoisotopic (exact) mass is 511 g/mol. The summed E-state index contributed by atoms with van der Waals surface area (Å²) in [6.07, 6.45) is 0. The van der Waals surface area contributed by atoms with E-state index >= 15 is 0 Å². The molecule has 0 saturated heterocycles. The van der Waals surface area contributed by atoms with Crippen LogP contribution in [-0.4, -0.2) is 0 Å². The highest BCUT2D eigenvalue weighted by Gasteiger charge is 2.18. The lowest BCUT2D eigenvalue weighted by Gasteiger charge is -2.27. The van der Waals surface area contributed by atoms with Crippen molar-refractivity contribution >= 4 is 60.5 Å². The summed E-state index contributed by atoms with van der Waals surface area (Å²) in [5, 5.41) is 7.06. The summed E-state index contributed by atoms with van der Waals surface area (Å²) in [6, 6.07) is 53.8. The normalized spacial score (nSPS) is 11.5.